The molecule has 0 saturated heterocycles. The van der Waals surface area contributed by atoms with Crippen molar-refractivity contribution >= 4 is 44.9 Å². The number of para-hydroxylation sites is 2. The highest BCUT2D eigenvalue weighted by atomic mass is 79.9. The fourth-order valence-electron chi connectivity index (χ4n) is 4.40. The van der Waals surface area contributed by atoms with E-state index < -0.39 is 29.5 Å². The lowest BCUT2D eigenvalue weighted by molar-refractivity contribution is -0.113. The lowest BCUT2D eigenvalue weighted by atomic mass is 9.94. The van der Waals surface area contributed by atoms with Gasteiger partial charge in [0, 0.05) is 21.4 Å². The van der Waals surface area contributed by atoms with Gasteiger partial charge in [-0.25, -0.2) is 13.5 Å². The zero-order valence-corrected chi connectivity index (χ0v) is 22.3. The van der Waals surface area contributed by atoms with E-state index in [4.69, 9.17) is 4.74 Å². The van der Waals surface area contributed by atoms with Gasteiger partial charge in [-0.2, -0.15) is 5.10 Å². The van der Waals surface area contributed by atoms with E-state index in [9.17, 15) is 14.0 Å². The molecule has 0 unspecified atom stereocenters. The van der Waals surface area contributed by atoms with Crippen LogP contribution in [0, 0.1) is 11.6 Å². The monoisotopic (exact) mass is 593 g/mol. The molecule has 1 aliphatic heterocycles. The number of hydrogen-bond acceptors (Lipinski definition) is 5. The molecule has 198 valence electrons. The maximum atomic E-state index is 15.3. The minimum atomic E-state index is -1.01. The van der Waals surface area contributed by atoms with Crippen molar-refractivity contribution in [3.05, 3.63) is 111 Å². The molecule has 0 spiro atoms. The van der Waals surface area contributed by atoms with E-state index in [1.54, 1.807) is 43.3 Å². The summed E-state index contributed by atoms with van der Waals surface area (Å²) < 4.78 is 35.9. The van der Waals surface area contributed by atoms with Crippen LogP contribution in [0.25, 0.3) is 0 Å². The summed E-state index contributed by atoms with van der Waals surface area (Å²) in [5.74, 6) is -1.29. The largest absolute Gasteiger partial charge is 0.495 e. The SMILES string of the molecule is COc1ccccc1NC(=O)C1=C(C)Nc2c(C(=O)Nc3ccc(F)cc3)cnn2[C@H]1c1cc(Br)ccc1F. The number of anilines is 3. The van der Waals surface area contributed by atoms with Crippen LogP contribution >= 0.6 is 15.9 Å². The van der Waals surface area contributed by atoms with Crippen molar-refractivity contribution in [1.82, 2.24) is 9.78 Å². The number of ether oxygens (including phenoxy) is 1. The molecular formula is C28H22BrF2N5O3. The van der Waals surface area contributed by atoms with Gasteiger partial charge < -0.3 is 20.7 Å². The molecule has 11 heteroatoms. The van der Waals surface area contributed by atoms with Gasteiger partial charge in [-0.3, -0.25) is 9.59 Å². The molecule has 0 saturated carbocycles. The first-order valence-electron chi connectivity index (χ1n) is 11.8. The van der Waals surface area contributed by atoms with E-state index in [2.05, 4.69) is 37.0 Å². The number of rotatable bonds is 6. The number of nitrogens with one attached hydrogen (secondary N) is 3. The molecule has 1 atom stereocenters. The molecule has 5 rings (SSSR count). The molecule has 0 radical (unpaired) electrons. The van der Waals surface area contributed by atoms with Crippen molar-refractivity contribution in [3.63, 3.8) is 0 Å². The van der Waals surface area contributed by atoms with Crippen LogP contribution in [0.3, 0.4) is 0 Å². The molecule has 0 fully saturated rings. The lowest BCUT2D eigenvalue weighted by Crippen LogP contribution is -2.32. The Kier molecular flexibility index (Phi) is 7.16. The summed E-state index contributed by atoms with van der Waals surface area (Å²) in [5, 5.41) is 13.0. The standard InChI is InChI=1S/C28H22BrF2N5O3/c1-15-24(28(38)35-22-5-3-4-6-23(22)39-2)25(19-13-16(29)7-12-21(19)31)36-26(33-15)20(14-32-36)27(37)34-18-10-8-17(30)9-11-18/h3-14,25,33H,1-2H3,(H,34,37)(H,35,38)/t25-/m0/s1. The number of aromatic nitrogens is 2. The van der Waals surface area contributed by atoms with Gasteiger partial charge in [0.25, 0.3) is 11.8 Å². The van der Waals surface area contributed by atoms with E-state index in [0.717, 1.165) is 0 Å². The second kappa shape index (κ2) is 10.7. The van der Waals surface area contributed by atoms with Gasteiger partial charge in [-0.15, -0.1) is 0 Å². The zero-order valence-electron chi connectivity index (χ0n) is 20.8. The van der Waals surface area contributed by atoms with Crippen molar-refractivity contribution in [2.24, 2.45) is 0 Å². The summed E-state index contributed by atoms with van der Waals surface area (Å²) in [6.45, 7) is 1.66. The van der Waals surface area contributed by atoms with E-state index in [0.29, 0.717) is 27.3 Å². The summed E-state index contributed by atoms with van der Waals surface area (Å²) in [6.07, 6.45) is 1.33. The number of allylic oxidation sites excluding steroid dienone is 1. The Balaban J connectivity index is 1.57. The van der Waals surface area contributed by atoms with Crippen LogP contribution in [0.4, 0.5) is 26.0 Å². The molecule has 3 aromatic carbocycles. The van der Waals surface area contributed by atoms with Crippen molar-refractivity contribution < 1.29 is 23.1 Å². The Morgan fingerprint density at radius 3 is 2.51 bits per heavy atom. The Labute approximate surface area is 230 Å². The highest BCUT2D eigenvalue weighted by Crippen LogP contribution is 2.40. The van der Waals surface area contributed by atoms with Gasteiger partial charge in [0.2, 0.25) is 0 Å². The van der Waals surface area contributed by atoms with Gasteiger partial charge in [0.05, 0.1) is 24.6 Å². The van der Waals surface area contributed by atoms with Crippen LogP contribution in [0.5, 0.6) is 5.75 Å². The maximum absolute atomic E-state index is 15.3. The van der Waals surface area contributed by atoms with Gasteiger partial charge in [-0.1, -0.05) is 28.1 Å². The van der Waals surface area contributed by atoms with Crippen LogP contribution < -0.4 is 20.7 Å². The highest BCUT2D eigenvalue weighted by molar-refractivity contribution is 9.10. The third kappa shape index (κ3) is 5.13. The minimum absolute atomic E-state index is 0.156. The maximum Gasteiger partial charge on any atom is 0.261 e. The number of amides is 2. The molecule has 2 heterocycles. The van der Waals surface area contributed by atoms with Crippen LogP contribution in [-0.2, 0) is 4.79 Å². The second-order valence-electron chi connectivity index (χ2n) is 8.70. The third-order valence-corrected chi connectivity index (χ3v) is 6.72. The fourth-order valence-corrected chi connectivity index (χ4v) is 4.77. The summed E-state index contributed by atoms with van der Waals surface area (Å²) in [6, 6.07) is 15.6. The smallest absolute Gasteiger partial charge is 0.261 e. The average molecular weight is 594 g/mol. The van der Waals surface area contributed by atoms with Crippen LogP contribution in [-0.4, -0.2) is 28.7 Å². The molecule has 8 nitrogen and oxygen atoms in total. The summed E-state index contributed by atoms with van der Waals surface area (Å²) >= 11 is 3.38. The number of nitrogens with zero attached hydrogens (tertiary/aromatic N) is 2. The summed E-state index contributed by atoms with van der Waals surface area (Å²) in [5.41, 5.74) is 1.74. The van der Waals surface area contributed by atoms with Gasteiger partial charge in [-0.05, 0) is 61.5 Å². The van der Waals surface area contributed by atoms with Gasteiger partial charge in [0.15, 0.2) is 0 Å². The Morgan fingerprint density at radius 1 is 1.03 bits per heavy atom. The summed E-state index contributed by atoms with van der Waals surface area (Å²) in [7, 11) is 1.49. The summed E-state index contributed by atoms with van der Waals surface area (Å²) in [4.78, 5) is 26.8. The molecule has 39 heavy (non-hydrogen) atoms. The van der Waals surface area contributed by atoms with Gasteiger partial charge in [0.1, 0.15) is 34.8 Å². The average Bonchev–Trinajstić information content (AvgIpc) is 3.34. The Morgan fingerprint density at radius 2 is 1.77 bits per heavy atom. The van der Waals surface area contributed by atoms with Crippen LogP contribution in [0.15, 0.2) is 88.7 Å². The number of fused-ring (bicyclic) bond motifs is 1. The normalized spacial score (nSPS) is 14.3. The Hall–Kier alpha value is -4.51. The van der Waals surface area contributed by atoms with Crippen LogP contribution in [0.2, 0.25) is 0 Å². The van der Waals surface area contributed by atoms with Crippen molar-refractivity contribution in [3.8, 4) is 5.75 Å². The number of carbonyl (C=O) groups excluding carboxylic acids is 2. The first-order chi connectivity index (χ1) is 18.8. The molecule has 1 aromatic heterocycles. The molecule has 0 bridgehead atoms. The topological polar surface area (TPSA) is 97.3 Å². The van der Waals surface area contributed by atoms with Gasteiger partial charge >= 0.3 is 0 Å². The quantitative estimate of drug-likeness (QED) is 0.250. The zero-order chi connectivity index (χ0) is 27.7. The third-order valence-electron chi connectivity index (χ3n) is 6.22. The number of hydrogen-bond donors (Lipinski definition) is 3. The number of benzene rings is 3. The number of halogens is 3. The number of methoxy groups -OCH3 is 1. The van der Waals surface area contributed by atoms with E-state index >= 15 is 4.39 Å². The number of carbonyl (C=O) groups is 2. The highest BCUT2D eigenvalue weighted by Gasteiger charge is 2.37. The first-order valence-corrected chi connectivity index (χ1v) is 12.6. The lowest BCUT2D eigenvalue weighted by Gasteiger charge is -2.30. The predicted octanol–water partition coefficient (Wildman–Crippen LogP) is 6.11. The van der Waals surface area contributed by atoms with Crippen molar-refractivity contribution in [2.75, 3.05) is 23.1 Å². The van der Waals surface area contributed by atoms with Crippen LogP contribution in [0.1, 0.15) is 28.9 Å². The molecule has 4 aromatic rings. The van der Waals surface area contributed by atoms with Crippen molar-refractivity contribution in [2.45, 2.75) is 13.0 Å². The predicted molar refractivity (Wildman–Crippen MR) is 147 cm³/mol. The first kappa shape index (κ1) is 26.1. The Bertz CT molecular complexity index is 1620. The second-order valence-corrected chi connectivity index (χ2v) is 9.61. The van der Waals surface area contributed by atoms with E-state index in [-0.39, 0.29) is 22.5 Å². The minimum Gasteiger partial charge on any atom is -0.495 e. The molecule has 3 N–H and O–H groups in total. The molecule has 0 aliphatic carbocycles. The van der Waals surface area contributed by atoms with Crippen molar-refractivity contribution in [1.29, 1.82) is 0 Å². The molecule has 2 amide bonds. The van der Waals surface area contributed by atoms with E-state index in [1.165, 1.54) is 48.3 Å². The molecular weight excluding hydrogens is 572 g/mol. The fraction of sp³-hybridized carbons (Fsp3) is 0.107. The van der Waals surface area contributed by atoms with E-state index in [1.807, 2.05) is 0 Å². The molecule has 1 aliphatic rings.